The van der Waals surface area contributed by atoms with Gasteiger partial charge >= 0.3 is 0 Å². The predicted octanol–water partition coefficient (Wildman–Crippen LogP) is 4.50. The number of nitrogens with zero attached hydrogens (tertiary/aromatic N) is 5. The van der Waals surface area contributed by atoms with E-state index in [0.717, 1.165) is 46.9 Å². The van der Waals surface area contributed by atoms with Gasteiger partial charge in [-0.3, -0.25) is 14.6 Å². The fourth-order valence-electron chi connectivity index (χ4n) is 4.18. The molecule has 174 valence electrons. The van der Waals surface area contributed by atoms with Crippen molar-refractivity contribution in [2.45, 2.75) is 19.6 Å². The fraction of sp³-hybridized carbons (Fsp3) is 0.269. The van der Waals surface area contributed by atoms with E-state index in [9.17, 15) is 0 Å². The van der Waals surface area contributed by atoms with Gasteiger partial charge in [-0.2, -0.15) is 10.1 Å². The van der Waals surface area contributed by atoms with Crippen molar-refractivity contribution in [2.24, 2.45) is 7.05 Å². The number of likely N-dealkylation sites (N-methyl/N-ethyl adjacent to an activating group) is 1. The largest absolute Gasteiger partial charge is 0.482 e. The number of hydrogen-bond donors (Lipinski definition) is 1. The molecular weight excluding hydrogens is 428 g/mol. The predicted molar refractivity (Wildman–Crippen MR) is 131 cm³/mol. The molecule has 1 aliphatic rings. The number of benzene rings is 1. The van der Waals surface area contributed by atoms with Crippen LogP contribution in [0.15, 0.2) is 61.1 Å². The minimum Gasteiger partial charge on any atom is -0.482 e. The molecule has 0 radical (unpaired) electrons. The molecule has 1 aliphatic heterocycles. The van der Waals surface area contributed by atoms with Crippen molar-refractivity contribution in [1.82, 2.24) is 24.6 Å². The molecule has 1 unspecified atom stereocenters. The molecule has 0 saturated heterocycles. The molecule has 3 aromatic heterocycles. The smallest absolute Gasteiger partial charge is 0.223 e. The Balaban J connectivity index is 1.41. The van der Waals surface area contributed by atoms with Gasteiger partial charge in [0.25, 0.3) is 0 Å². The van der Waals surface area contributed by atoms with Gasteiger partial charge in [-0.25, -0.2) is 0 Å². The van der Waals surface area contributed by atoms with Crippen LogP contribution in [0, 0.1) is 6.92 Å². The first-order valence-corrected chi connectivity index (χ1v) is 11.2. The van der Waals surface area contributed by atoms with Crippen LogP contribution in [0.1, 0.15) is 22.9 Å². The highest BCUT2D eigenvalue weighted by Crippen LogP contribution is 2.34. The summed E-state index contributed by atoms with van der Waals surface area (Å²) in [6.45, 7) is 3.65. The third kappa shape index (κ3) is 4.58. The molecule has 0 aliphatic carbocycles. The van der Waals surface area contributed by atoms with Crippen LogP contribution in [0.5, 0.6) is 11.6 Å². The van der Waals surface area contributed by atoms with Crippen LogP contribution >= 0.6 is 0 Å². The average molecular weight is 457 g/mol. The number of pyridine rings is 2. The Morgan fingerprint density at radius 2 is 2.00 bits per heavy atom. The number of methoxy groups -OCH3 is 1. The van der Waals surface area contributed by atoms with Crippen LogP contribution in [-0.4, -0.2) is 45.4 Å². The Bertz CT molecular complexity index is 1320. The van der Waals surface area contributed by atoms with E-state index in [4.69, 9.17) is 9.47 Å². The lowest BCUT2D eigenvalue weighted by atomic mass is 10.1. The number of ether oxygens (including phenoxy) is 2. The van der Waals surface area contributed by atoms with Gasteiger partial charge in [-0.1, -0.05) is 6.07 Å². The summed E-state index contributed by atoms with van der Waals surface area (Å²) in [4.78, 5) is 11.5. The standard InChI is InChI=1S/C26H28N6O2/c1-17-9-10-27-22(11-17)24-16-31(2)14-18-5-6-20(12-23(18)34-24)29-25-8-7-21(26(30-25)33-4)19-13-28-32(3)15-19/h5-13,15,24H,14,16H2,1-4H3,(H,29,30). The van der Waals surface area contributed by atoms with E-state index in [-0.39, 0.29) is 6.10 Å². The molecule has 4 heterocycles. The summed E-state index contributed by atoms with van der Waals surface area (Å²) in [7, 11) is 5.61. The van der Waals surface area contributed by atoms with Crippen molar-refractivity contribution in [3.8, 4) is 22.8 Å². The molecule has 8 heteroatoms. The maximum absolute atomic E-state index is 6.47. The number of aromatic nitrogens is 4. The lowest BCUT2D eigenvalue weighted by molar-refractivity contribution is 0.161. The topological polar surface area (TPSA) is 77.3 Å². The third-order valence-electron chi connectivity index (χ3n) is 5.86. The van der Waals surface area contributed by atoms with Crippen molar-refractivity contribution in [2.75, 3.05) is 26.0 Å². The second-order valence-corrected chi connectivity index (χ2v) is 8.66. The van der Waals surface area contributed by atoms with E-state index in [1.54, 1.807) is 18.0 Å². The molecule has 0 spiro atoms. The zero-order valence-electron chi connectivity index (χ0n) is 19.8. The number of aryl methyl sites for hydroxylation is 2. The Morgan fingerprint density at radius 3 is 2.76 bits per heavy atom. The Kier molecular flexibility index (Phi) is 5.90. The summed E-state index contributed by atoms with van der Waals surface area (Å²) >= 11 is 0. The highest BCUT2D eigenvalue weighted by Gasteiger charge is 2.24. The van der Waals surface area contributed by atoms with Gasteiger partial charge in [0.1, 0.15) is 11.6 Å². The van der Waals surface area contributed by atoms with Crippen LogP contribution in [-0.2, 0) is 13.6 Å². The molecule has 0 bridgehead atoms. The van der Waals surface area contributed by atoms with E-state index >= 15 is 0 Å². The van der Waals surface area contributed by atoms with Crippen LogP contribution in [0.2, 0.25) is 0 Å². The summed E-state index contributed by atoms with van der Waals surface area (Å²) < 4.78 is 13.8. The molecule has 34 heavy (non-hydrogen) atoms. The lowest BCUT2D eigenvalue weighted by Gasteiger charge is -2.20. The molecule has 0 fully saturated rings. The monoisotopic (exact) mass is 456 g/mol. The molecule has 8 nitrogen and oxygen atoms in total. The van der Waals surface area contributed by atoms with E-state index in [2.05, 4.69) is 51.4 Å². The van der Waals surface area contributed by atoms with E-state index < -0.39 is 0 Å². The summed E-state index contributed by atoms with van der Waals surface area (Å²) in [5.41, 5.74) is 5.99. The van der Waals surface area contributed by atoms with Gasteiger partial charge < -0.3 is 14.8 Å². The van der Waals surface area contributed by atoms with Crippen molar-refractivity contribution in [1.29, 1.82) is 0 Å². The maximum atomic E-state index is 6.47. The van der Waals surface area contributed by atoms with Gasteiger partial charge in [0.05, 0.1) is 19.0 Å². The second-order valence-electron chi connectivity index (χ2n) is 8.66. The quantitative estimate of drug-likeness (QED) is 0.474. The summed E-state index contributed by atoms with van der Waals surface area (Å²) in [6.07, 6.45) is 5.43. The first kappa shape index (κ1) is 21.9. The van der Waals surface area contributed by atoms with Crippen LogP contribution in [0.3, 0.4) is 0 Å². The first-order chi connectivity index (χ1) is 16.5. The minimum atomic E-state index is -0.140. The number of nitrogens with one attached hydrogen (secondary N) is 1. The molecule has 5 rings (SSSR count). The molecule has 0 amide bonds. The van der Waals surface area contributed by atoms with Crippen molar-refractivity contribution >= 4 is 11.5 Å². The SMILES string of the molecule is COc1nc(Nc2ccc3c(c2)OC(c2cc(C)ccn2)CN(C)C3)ccc1-c1cnn(C)c1. The van der Waals surface area contributed by atoms with Gasteiger partial charge in [0, 0.05) is 61.0 Å². The number of fused-ring (bicyclic) bond motifs is 1. The van der Waals surface area contributed by atoms with Gasteiger partial charge in [0.15, 0.2) is 6.10 Å². The molecule has 0 saturated carbocycles. The van der Waals surface area contributed by atoms with Crippen molar-refractivity contribution < 1.29 is 9.47 Å². The fourth-order valence-corrected chi connectivity index (χ4v) is 4.18. The molecule has 1 N–H and O–H groups in total. The van der Waals surface area contributed by atoms with Crippen LogP contribution in [0.25, 0.3) is 11.1 Å². The zero-order chi connectivity index (χ0) is 23.7. The van der Waals surface area contributed by atoms with Crippen LogP contribution in [0.4, 0.5) is 11.5 Å². The summed E-state index contributed by atoms with van der Waals surface area (Å²) in [5.74, 6) is 2.07. The van der Waals surface area contributed by atoms with Crippen molar-refractivity contribution in [3.05, 3.63) is 77.9 Å². The third-order valence-corrected chi connectivity index (χ3v) is 5.86. The highest BCUT2D eigenvalue weighted by atomic mass is 16.5. The van der Waals surface area contributed by atoms with Crippen molar-refractivity contribution in [3.63, 3.8) is 0 Å². The van der Waals surface area contributed by atoms with E-state index in [1.807, 2.05) is 49.8 Å². The lowest BCUT2D eigenvalue weighted by Crippen LogP contribution is -2.24. The number of anilines is 2. The molecule has 1 atom stereocenters. The Labute approximate surface area is 199 Å². The molecule has 1 aromatic carbocycles. The number of hydrogen-bond acceptors (Lipinski definition) is 7. The Morgan fingerprint density at radius 1 is 1.12 bits per heavy atom. The maximum Gasteiger partial charge on any atom is 0.223 e. The minimum absolute atomic E-state index is 0.140. The second kappa shape index (κ2) is 9.15. The number of rotatable bonds is 5. The zero-order valence-corrected chi connectivity index (χ0v) is 19.8. The summed E-state index contributed by atoms with van der Waals surface area (Å²) in [6, 6.07) is 14.2. The molecule has 4 aromatic rings. The van der Waals surface area contributed by atoms with Gasteiger partial charge in [-0.15, -0.1) is 0 Å². The average Bonchev–Trinajstić information content (AvgIpc) is 3.18. The summed E-state index contributed by atoms with van der Waals surface area (Å²) in [5, 5.41) is 7.63. The van der Waals surface area contributed by atoms with E-state index in [0.29, 0.717) is 11.7 Å². The highest BCUT2D eigenvalue weighted by molar-refractivity contribution is 5.70. The van der Waals surface area contributed by atoms with Gasteiger partial charge in [-0.05, 0) is 49.9 Å². The van der Waals surface area contributed by atoms with Gasteiger partial charge in [0.2, 0.25) is 5.88 Å². The van der Waals surface area contributed by atoms with E-state index in [1.165, 1.54) is 5.56 Å². The Hall–Kier alpha value is -3.91. The normalized spacial score (nSPS) is 15.8. The van der Waals surface area contributed by atoms with Crippen LogP contribution < -0.4 is 14.8 Å². The first-order valence-electron chi connectivity index (χ1n) is 11.2. The molecular formula is C26H28N6O2.